The predicted octanol–water partition coefficient (Wildman–Crippen LogP) is 4.11. The van der Waals surface area contributed by atoms with E-state index in [0.29, 0.717) is 0 Å². The highest BCUT2D eigenvalue weighted by atomic mass is 16.3. The molecule has 0 bridgehead atoms. The van der Waals surface area contributed by atoms with Crippen molar-refractivity contribution in [3.05, 3.63) is 35.4 Å². The molecule has 0 saturated heterocycles. The first kappa shape index (κ1) is 17.2. The van der Waals surface area contributed by atoms with Gasteiger partial charge in [-0.1, -0.05) is 65.8 Å². The number of aliphatic hydroxyl groups is 2. The molecule has 0 saturated carbocycles. The second-order valence-corrected chi connectivity index (χ2v) is 7.89. The molecule has 2 heteroatoms. The molecule has 0 unspecified atom stereocenters. The molecule has 0 aliphatic carbocycles. The van der Waals surface area contributed by atoms with Crippen LogP contribution in [0, 0.1) is 10.8 Å². The van der Waals surface area contributed by atoms with E-state index in [4.69, 9.17) is 0 Å². The van der Waals surface area contributed by atoms with Crippen molar-refractivity contribution >= 4 is 0 Å². The number of hydrogen-bond acceptors (Lipinski definition) is 2. The van der Waals surface area contributed by atoms with Crippen LogP contribution in [0.3, 0.4) is 0 Å². The number of aryl methyl sites for hydroxylation is 1. The van der Waals surface area contributed by atoms with E-state index in [1.807, 2.05) is 59.7 Å². The van der Waals surface area contributed by atoms with Gasteiger partial charge in [-0.2, -0.15) is 0 Å². The van der Waals surface area contributed by atoms with Gasteiger partial charge in [0.05, 0.1) is 12.2 Å². The molecule has 114 valence electrons. The zero-order chi connectivity index (χ0) is 15.6. The van der Waals surface area contributed by atoms with Crippen LogP contribution in [0.15, 0.2) is 24.3 Å². The lowest BCUT2D eigenvalue weighted by atomic mass is 9.81. The van der Waals surface area contributed by atoms with Crippen molar-refractivity contribution in [3.8, 4) is 0 Å². The zero-order valence-corrected chi connectivity index (χ0v) is 13.8. The fraction of sp³-hybridized carbons (Fsp3) is 0.667. The number of benzene rings is 1. The first-order valence-corrected chi connectivity index (χ1v) is 7.47. The topological polar surface area (TPSA) is 40.5 Å². The van der Waals surface area contributed by atoms with Gasteiger partial charge in [-0.15, -0.1) is 0 Å². The average molecular weight is 278 g/mol. The van der Waals surface area contributed by atoms with E-state index in [9.17, 15) is 10.2 Å². The summed E-state index contributed by atoms with van der Waals surface area (Å²) in [6.45, 7) is 12.3. The molecule has 0 aliphatic rings. The second kappa shape index (κ2) is 6.28. The van der Waals surface area contributed by atoms with Crippen molar-refractivity contribution in [1.29, 1.82) is 0 Å². The Morgan fingerprint density at radius 1 is 0.900 bits per heavy atom. The first-order chi connectivity index (χ1) is 9.03. The van der Waals surface area contributed by atoms with E-state index in [2.05, 4.69) is 6.07 Å². The minimum atomic E-state index is -0.481. The summed E-state index contributed by atoms with van der Waals surface area (Å²) in [5.74, 6) is 0. The average Bonchev–Trinajstić information content (AvgIpc) is 2.33. The lowest BCUT2D eigenvalue weighted by Crippen LogP contribution is -2.26. The first-order valence-electron chi connectivity index (χ1n) is 7.47. The standard InChI is InChI=1S/C18H30O2/c1-17(2,3)15(19)12-11-13-9-7-8-10-14(13)16(20)18(4,5)6/h7-10,15-16,19-20H,11-12H2,1-6H3/t15-,16-/m1/s1. The van der Waals surface area contributed by atoms with E-state index < -0.39 is 6.10 Å². The summed E-state index contributed by atoms with van der Waals surface area (Å²) in [7, 11) is 0. The molecule has 1 aromatic rings. The third-order valence-electron chi connectivity index (χ3n) is 3.86. The van der Waals surface area contributed by atoms with Gasteiger partial charge in [0.25, 0.3) is 0 Å². The Bertz CT molecular complexity index is 424. The lowest BCUT2D eigenvalue weighted by molar-refractivity contribution is 0.0532. The van der Waals surface area contributed by atoms with Crippen LogP contribution in [-0.2, 0) is 6.42 Å². The highest BCUT2D eigenvalue weighted by Gasteiger charge is 2.26. The fourth-order valence-corrected chi connectivity index (χ4v) is 2.22. The normalized spacial score (nSPS) is 16.0. The summed E-state index contributed by atoms with van der Waals surface area (Å²) in [4.78, 5) is 0. The zero-order valence-electron chi connectivity index (χ0n) is 13.8. The molecular weight excluding hydrogens is 248 g/mol. The summed E-state index contributed by atoms with van der Waals surface area (Å²) in [6, 6.07) is 8.01. The van der Waals surface area contributed by atoms with Crippen LogP contribution in [0.2, 0.25) is 0 Å². The van der Waals surface area contributed by atoms with E-state index in [1.165, 1.54) is 0 Å². The van der Waals surface area contributed by atoms with Crippen molar-refractivity contribution in [2.24, 2.45) is 10.8 Å². The summed E-state index contributed by atoms with van der Waals surface area (Å²) in [6.07, 6.45) is 0.701. The van der Waals surface area contributed by atoms with E-state index in [1.54, 1.807) is 0 Å². The Balaban J connectivity index is 2.87. The van der Waals surface area contributed by atoms with Crippen LogP contribution in [-0.4, -0.2) is 16.3 Å². The molecule has 0 amide bonds. The monoisotopic (exact) mass is 278 g/mol. The van der Waals surface area contributed by atoms with Crippen molar-refractivity contribution in [2.45, 2.75) is 66.6 Å². The van der Waals surface area contributed by atoms with Gasteiger partial charge >= 0.3 is 0 Å². The van der Waals surface area contributed by atoms with Crippen molar-refractivity contribution in [1.82, 2.24) is 0 Å². The number of aliphatic hydroxyl groups excluding tert-OH is 2. The molecule has 2 N–H and O–H groups in total. The lowest BCUT2D eigenvalue weighted by Gasteiger charge is -2.29. The second-order valence-electron chi connectivity index (χ2n) is 7.89. The Morgan fingerprint density at radius 3 is 1.95 bits per heavy atom. The molecule has 0 aromatic heterocycles. The fourth-order valence-electron chi connectivity index (χ4n) is 2.22. The Kier molecular flexibility index (Phi) is 5.39. The van der Waals surface area contributed by atoms with Gasteiger partial charge in [0, 0.05) is 0 Å². The summed E-state index contributed by atoms with van der Waals surface area (Å²) < 4.78 is 0. The van der Waals surface area contributed by atoms with Crippen molar-refractivity contribution in [3.63, 3.8) is 0 Å². The van der Waals surface area contributed by atoms with Crippen LogP contribution < -0.4 is 0 Å². The Morgan fingerprint density at radius 2 is 1.45 bits per heavy atom. The van der Waals surface area contributed by atoms with Crippen LogP contribution in [0.4, 0.5) is 0 Å². The maximum absolute atomic E-state index is 10.5. The van der Waals surface area contributed by atoms with Gasteiger partial charge < -0.3 is 10.2 Å². The van der Waals surface area contributed by atoms with E-state index in [0.717, 1.165) is 24.0 Å². The Labute approximate surface area is 123 Å². The van der Waals surface area contributed by atoms with Gasteiger partial charge in [0.1, 0.15) is 0 Å². The summed E-state index contributed by atoms with van der Waals surface area (Å²) in [5, 5.41) is 20.7. The molecular formula is C18H30O2. The van der Waals surface area contributed by atoms with E-state index in [-0.39, 0.29) is 16.9 Å². The molecule has 0 fully saturated rings. The minimum absolute atomic E-state index is 0.0996. The highest BCUT2D eigenvalue weighted by Crippen LogP contribution is 2.35. The molecule has 2 nitrogen and oxygen atoms in total. The maximum atomic E-state index is 10.5. The summed E-state index contributed by atoms with van der Waals surface area (Å²) in [5.41, 5.74) is 1.84. The van der Waals surface area contributed by atoms with Gasteiger partial charge in [0.15, 0.2) is 0 Å². The van der Waals surface area contributed by atoms with Gasteiger partial charge in [0.2, 0.25) is 0 Å². The SMILES string of the molecule is CC(C)(C)[C@H](O)CCc1ccccc1[C@@H](O)C(C)(C)C. The third-order valence-corrected chi connectivity index (χ3v) is 3.86. The molecule has 1 aromatic carbocycles. The third kappa shape index (κ3) is 4.60. The van der Waals surface area contributed by atoms with Gasteiger partial charge in [-0.3, -0.25) is 0 Å². The molecule has 0 heterocycles. The van der Waals surface area contributed by atoms with Crippen LogP contribution >= 0.6 is 0 Å². The maximum Gasteiger partial charge on any atom is 0.0840 e. The van der Waals surface area contributed by atoms with Crippen molar-refractivity contribution < 1.29 is 10.2 Å². The molecule has 1 rings (SSSR count). The molecule has 0 spiro atoms. The number of hydrogen-bond donors (Lipinski definition) is 2. The highest BCUT2D eigenvalue weighted by molar-refractivity contribution is 5.30. The van der Waals surface area contributed by atoms with Gasteiger partial charge in [-0.05, 0) is 34.8 Å². The summed E-state index contributed by atoms with van der Waals surface area (Å²) >= 11 is 0. The molecule has 0 radical (unpaired) electrons. The smallest absolute Gasteiger partial charge is 0.0840 e. The molecule has 2 atom stereocenters. The molecule has 0 aliphatic heterocycles. The van der Waals surface area contributed by atoms with Crippen molar-refractivity contribution in [2.75, 3.05) is 0 Å². The quantitative estimate of drug-likeness (QED) is 0.870. The number of rotatable bonds is 4. The predicted molar refractivity (Wildman–Crippen MR) is 84.6 cm³/mol. The van der Waals surface area contributed by atoms with Crippen LogP contribution in [0.25, 0.3) is 0 Å². The molecule has 20 heavy (non-hydrogen) atoms. The minimum Gasteiger partial charge on any atom is -0.393 e. The van der Waals surface area contributed by atoms with Gasteiger partial charge in [-0.25, -0.2) is 0 Å². The van der Waals surface area contributed by atoms with Crippen LogP contribution in [0.1, 0.15) is 65.2 Å². The van der Waals surface area contributed by atoms with E-state index >= 15 is 0 Å². The van der Waals surface area contributed by atoms with Crippen LogP contribution in [0.5, 0.6) is 0 Å². The Hall–Kier alpha value is -0.860. The largest absolute Gasteiger partial charge is 0.393 e.